The molecule has 1 saturated heterocycles. The third-order valence-corrected chi connectivity index (χ3v) is 6.03. The fourth-order valence-corrected chi connectivity index (χ4v) is 4.95. The Labute approximate surface area is 140 Å². The Morgan fingerprint density at radius 1 is 1.21 bits per heavy atom. The van der Waals surface area contributed by atoms with E-state index in [-0.39, 0.29) is 25.2 Å². The van der Waals surface area contributed by atoms with E-state index in [1.165, 1.54) is 0 Å². The molecule has 1 aromatic carbocycles. The van der Waals surface area contributed by atoms with Crippen LogP contribution in [0.5, 0.6) is 11.5 Å². The minimum atomic E-state index is -0.490. The highest BCUT2D eigenvalue weighted by Crippen LogP contribution is 2.57. The van der Waals surface area contributed by atoms with E-state index in [1.807, 2.05) is 12.1 Å². The summed E-state index contributed by atoms with van der Waals surface area (Å²) in [6.45, 7) is 0.811. The smallest absolute Gasteiger partial charge is 0.231 e. The van der Waals surface area contributed by atoms with Gasteiger partial charge in [0, 0.05) is 32.4 Å². The van der Waals surface area contributed by atoms with Gasteiger partial charge in [-0.05, 0) is 24.1 Å². The number of ether oxygens (including phenoxy) is 4. The number of aliphatic hydroxyl groups is 1. The zero-order valence-corrected chi connectivity index (χ0v) is 13.8. The molecule has 0 radical (unpaired) electrons. The molecule has 2 bridgehead atoms. The van der Waals surface area contributed by atoms with E-state index in [4.69, 9.17) is 18.9 Å². The standard InChI is InChI=1S/C18H21NO5/c1-21-10-3-4-18-12-7-14-13(23-9-24-14)6-11(12)17(22-2)19(8-16(18)20)15(18)5-10/h3-4,6-7,10,15-17,20H,5,8-9H2,1-2H3/t10-,15+,16-,17-,18+/m0/s1. The van der Waals surface area contributed by atoms with E-state index in [1.54, 1.807) is 14.2 Å². The van der Waals surface area contributed by atoms with Crippen LogP contribution in [0.1, 0.15) is 23.8 Å². The first-order valence-corrected chi connectivity index (χ1v) is 8.32. The number of aliphatic hydroxyl groups excluding tert-OH is 1. The van der Waals surface area contributed by atoms with Crippen molar-refractivity contribution in [2.24, 2.45) is 0 Å². The van der Waals surface area contributed by atoms with Gasteiger partial charge in [-0.15, -0.1) is 0 Å². The molecule has 0 aromatic heterocycles. The van der Waals surface area contributed by atoms with Crippen molar-refractivity contribution >= 4 is 0 Å². The van der Waals surface area contributed by atoms with E-state index >= 15 is 0 Å². The third kappa shape index (κ3) is 1.64. The van der Waals surface area contributed by atoms with Crippen molar-refractivity contribution in [3.05, 3.63) is 35.4 Å². The van der Waals surface area contributed by atoms with Crippen LogP contribution in [0.3, 0.4) is 0 Å². The molecule has 4 aliphatic rings. The van der Waals surface area contributed by atoms with E-state index in [2.05, 4.69) is 17.1 Å². The normalized spacial score (nSPS) is 41.2. The van der Waals surface area contributed by atoms with Gasteiger partial charge in [-0.25, -0.2) is 0 Å². The largest absolute Gasteiger partial charge is 0.454 e. The summed E-state index contributed by atoms with van der Waals surface area (Å²) in [6.07, 6.45) is 4.41. The second-order valence-electron chi connectivity index (χ2n) is 6.91. The van der Waals surface area contributed by atoms with Gasteiger partial charge in [-0.2, -0.15) is 0 Å². The maximum Gasteiger partial charge on any atom is 0.231 e. The summed E-state index contributed by atoms with van der Waals surface area (Å²) < 4.78 is 22.5. The molecule has 1 aliphatic carbocycles. The van der Waals surface area contributed by atoms with Crippen molar-refractivity contribution < 1.29 is 24.1 Å². The highest BCUT2D eigenvalue weighted by atomic mass is 16.7. The molecular formula is C18H21NO5. The topological polar surface area (TPSA) is 60.4 Å². The molecule has 1 aromatic rings. The molecule has 6 nitrogen and oxygen atoms in total. The molecule has 6 heteroatoms. The minimum Gasteiger partial charge on any atom is -0.454 e. The molecule has 1 fully saturated rings. The summed E-state index contributed by atoms with van der Waals surface area (Å²) in [5.41, 5.74) is 1.69. The lowest BCUT2D eigenvalue weighted by molar-refractivity contribution is -0.0668. The van der Waals surface area contributed by atoms with Crippen LogP contribution in [0.25, 0.3) is 0 Å². The first kappa shape index (κ1) is 14.7. The Kier molecular flexibility index (Phi) is 3.04. The summed E-state index contributed by atoms with van der Waals surface area (Å²) in [4.78, 5) is 2.25. The van der Waals surface area contributed by atoms with Crippen molar-refractivity contribution in [3.8, 4) is 11.5 Å². The monoisotopic (exact) mass is 331 g/mol. The number of rotatable bonds is 2. The molecular weight excluding hydrogens is 310 g/mol. The Morgan fingerprint density at radius 3 is 2.75 bits per heavy atom. The first-order valence-electron chi connectivity index (χ1n) is 8.32. The van der Waals surface area contributed by atoms with Gasteiger partial charge in [-0.3, -0.25) is 4.90 Å². The zero-order chi connectivity index (χ0) is 16.5. The maximum absolute atomic E-state index is 11.0. The van der Waals surface area contributed by atoms with Gasteiger partial charge in [0.05, 0.1) is 17.6 Å². The summed E-state index contributed by atoms with van der Waals surface area (Å²) in [6, 6.07) is 4.17. The molecule has 0 amide bonds. The molecule has 0 saturated carbocycles. The fraction of sp³-hybridized carbons (Fsp3) is 0.556. The minimum absolute atomic E-state index is 0.0593. The Bertz CT molecular complexity index is 720. The molecule has 24 heavy (non-hydrogen) atoms. The second-order valence-corrected chi connectivity index (χ2v) is 6.91. The van der Waals surface area contributed by atoms with Gasteiger partial charge in [0.2, 0.25) is 6.79 Å². The van der Waals surface area contributed by atoms with Crippen LogP contribution in [0.15, 0.2) is 24.3 Å². The number of fused-ring (bicyclic) bond motifs is 2. The van der Waals surface area contributed by atoms with E-state index < -0.39 is 11.5 Å². The highest BCUT2D eigenvalue weighted by molar-refractivity contribution is 5.57. The number of nitrogens with zero attached hydrogens (tertiary/aromatic N) is 1. The molecule has 3 heterocycles. The van der Waals surface area contributed by atoms with Gasteiger partial charge < -0.3 is 24.1 Å². The van der Waals surface area contributed by atoms with Crippen LogP contribution >= 0.6 is 0 Å². The van der Waals surface area contributed by atoms with Crippen molar-refractivity contribution in [2.75, 3.05) is 27.6 Å². The number of methoxy groups -OCH3 is 2. The van der Waals surface area contributed by atoms with Crippen LogP contribution in [0.4, 0.5) is 0 Å². The van der Waals surface area contributed by atoms with E-state index in [9.17, 15) is 5.11 Å². The first-order chi connectivity index (χ1) is 11.7. The van der Waals surface area contributed by atoms with Crippen molar-refractivity contribution in [3.63, 3.8) is 0 Å². The van der Waals surface area contributed by atoms with E-state index in [0.717, 1.165) is 29.0 Å². The van der Waals surface area contributed by atoms with Crippen molar-refractivity contribution in [2.45, 2.75) is 36.3 Å². The third-order valence-electron chi connectivity index (χ3n) is 6.03. The Morgan fingerprint density at radius 2 is 2.00 bits per heavy atom. The predicted molar refractivity (Wildman–Crippen MR) is 85.0 cm³/mol. The lowest BCUT2D eigenvalue weighted by Gasteiger charge is -2.48. The van der Waals surface area contributed by atoms with Crippen LogP contribution < -0.4 is 9.47 Å². The molecule has 128 valence electrons. The van der Waals surface area contributed by atoms with Gasteiger partial charge in [0.15, 0.2) is 11.5 Å². The number of hydrogen-bond acceptors (Lipinski definition) is 6. The van der Waals surface area contributed by atoms with Crippen LogP contribution in [-0.2, 0) is 14.9 Å². The van der Waals surface area contributed by atoms with Gasteiger partial charge in [0.25, 0.3) is 0 Å². The SMILES string of the molecule is CO[C@H]1C=C[C@]23c4cc5c(cc4[C@H](OC)N(C[C@@H]2O)[C@@H]3C1)OCO5. The molecule has 1 N–H and O–H groups in total. The summed E-state index contributed by atoms with van der Waals surface area (Å²) in [7, 11) is 3.44. The summed E-state index contributed by atoms with van der Waals surface area (Å²) in [5, 5.41) is 11.0. The molecule has 5 rings (SSSR count). The molecule has 0 spiro atoms. The number of hydrogen-bond donors (Lipinski definition) is 1. The summed E-state index contributed by atoms with van der Waals surface area (Å²) in [5.74, 6) is 1.49. The van der Waals surface area contributed by atoms with Crippen molar-refractivity contribution in [1.29, 1.82) is 0 Å². The van der Waals surface area contributed by atoms with Gasteiger partial charge in [-0.1, -0.05) is 12.2 Å². The zero-order valence-electron chi connectivity index (χ0n) is 13.8. The average molecular weight is 331 g/mol. The highest BCUT2D eigenvalue weighted by Gasteiger charge is 2.61. The van der Waals surface area contributed by atoms with Gasteiger partial charge in [0.1, 0.15) is 6.23 Å². The second kappa shape index (κ2) is 4.95. The van der Waals surface area contributed by atoms with E-state index in [0.29, 0.717) is 6.54 Å². The van der Waals surface area contributed by atoms with Gasteiger partial charge >= 0.3 is 0 Å². The fourth-order valence-electron chi connectivity index (χ4n) is 4.95. The van der Waals surface area contributed by atoms with Crippen LogP contribution in [0.2, 0.25) is 0 Å². The molecule has 6 atom stereocenters. The number of benzene rings is 1. The Balaban J connectivity index is 1.75. The van der Waals surface area contributed by atoms with Crippen molar-refractivity contribution in [1.82, 2.24) is 4.90 Å². The molecule has 3 aliphatic heterocycles. The molecule has 1 unspecified atom stereocenters. The van der Waals surface area contributed by atoms with Crippen LogP contribution in [0, 0.1) is 0 Å². The summed E-state index contributed by atoms with van der Waals surface area (Å²) >= 11 is 0. The quantitative estimate of drug-likeness (QED) is 0.825. The predicted octanol–water partition coefficient (Wildman–Crippen LogP) is 1.33. The maximum atomic E-state index is 11.0. The lowest BCUT2D eigenvalue weighted by Crippen LogP contribution is -2.53. The average Bonchev–Trinajstić information content (AvgIpc) is 3.15. The lowest BCUT2D eigenvalue weighted by atomic mass is 9.65. The van der Waals surface area contributed by atoms with Crippen LogP contribution in [-0.4, -0.2) is 55.8 Å². The Hall–Kier alpha value is -1.60.